The highest BCUT2D eigenvalue weighted by atomic mass is 16.5. The highest BCUT2D eigenvalue weighted by molar-refractivity contribution is 6.22. The van der Waals surface area contributed by atoms with Crippen molar-refractivity contribution in [2.75, 3.05) is 37.6 Å². The van der Waals surface area contributed by atoms with Crippen molar-refractivity contribution < 1.29 is 28.7 Å². The lowest BCUT2D eigenvalue weighted by molar-refractivity contribution is -0.124. The highest BCUT2D eigenvalue weighted by Gasteiger charge is 2.46. The van der Waals surface area contributed by atoms with E-state index in [4.69, 9.17) is 4.74 Å². The van der Waals surface area contributed by atoms with Crippen LogP contribution < -0.4 is 10.2 Å². The molecule has 4 amide bonds. The zero-order chi connectivity index (χ0) is 23.3. The first-order valence-corrected chi connectivity index (χ1v) is 10.0. The molecule has 1 heterocycles. The summed E-state index contributed by atoms with van der Waals surface area (Å²) in [6.07, 6.45) is -0.213. The third-order valence-electron chi connectivity index (χ3n) is 5.08. The highest BCUT2D eigenvalue weighted by Crippen LogP contribution is 2.27. The molecule has 1 atom stereocenters. The molecular formula is C23H25N3O6. The van der Waals surface area contributed by atoms with Gasteiger partial charge in [0.2, 0.25) is 5.91 Å². The molecule has 0 saturated carbocycles. The Bertz CT molecular complexity index is 1020. The molecule has 2 aromatic rings. The number of benzene rings is 2. The second-order valence-corrected chi connectivity index (χ2v) is 7.32. The number of urea groups is 1. The van der Waals surface area contributed by atoms with Crippen molar-refractivity contribution in [3.63, 3.8) is 0 Å². The van der Waals surface area contributed by atoms with E-state index in [1.54, 1.807) is 30.3 Å². The molecule has 0 aromatic heterocycles. The van der Waals surface area contributed by atoms with Crippen LogP contribution in [0.4, 0.5) is 16.2 Å². The van der Waals surface area contributed by atoms with Crippen molar-refractivity contribution in [2.45, 2.75) is 19.4 Å². The van der Waals surface area contributed by atoms with Gasteiger partial charge in [-0.15, -0.1) is 0 Å². The SMILES string of the molecule is COCCN1C(=O)N(c2cccc(C)c2)C(=O)C1CC(=O)Nc1ccc(C(=O)OC)cc1. The van der Waals surface area contributed by atoms with Gasteiger partial charge in [-0.05, 0) is 48.9 Å². The Labute approximate surface area is 185 Å². The van der Waals surface area contributed by atoms with Crippen LogP contribution in [-0.4, -0.2) is 62.1 Å². The first-order chi connectivity index (χ1) is 15.3. The van der Waals surface area contributed by atoms with E-state index in [9.17, 15) is 19.2 Å². The van der Waals surface area contributed by atoms with Crippen LogP contribution in [0.3, 0.4) is 0 Å². The second-order valence-electron chi connectivity index (χ2n) is 7.32. The normalized spacial score (nSPS) is 15.8. The minimum Gasteiger partial charge on any atom is -0.465 e. The lowest BCUT2D eigenvalue weighted by Gasteiger charge is -2.21. The van der Waals surface area contributed by atoms with Crippen molar-refractivity contribution in [1.82, 2.24) is 4.90 Å². The number of esters is 1. The smallest absolute Gasteiger partial charge is 0.337 e. The molecule has 0 spiro atoms. The van der Waals surface area contributed by atoms with Gasteiger partial charge in [-0.1, -0.05) is 12.1 Å². The maximum atomic E-state index is 13.1. The van der Waals surface area contributed by atoms with Crippen LogP contribution in [-0.2, 0) is 19.1 Å². The van der Waals surface area contributed by atoms with E-state index in [2.05, 4.69) is 10.1 Å². The summed E-state index contributed by atoms with van der Waals surface area (Å²) in [5, 5.41) is 2.70. The lowest BCUT2D eigenvalue weighted by Crippen LogP contribution is -2.39. The summed E-state index contributed by atoms with van der Waals surface area (Å²) < 4.78 is 9.72. The number of rotatable bonds is 8. The Hall–Kier alpha value is -3.72. The van der Waals surface area contributed by atoms with Crippen molar-refractivity contribution in [3.05, 3.63) is 59.7 Å². The van der Waals surface area contributed by atoms with E-state index >= 15 is 0 Å². The Balaban J connectivity index is 1.76. The van der Waals surface area contributed by atoms with Crippen molar-refractivity contribution in [2.24, 2.45) is 0 Å². The molecule has 0 bridgehead atoms. The molecule has 1 aliphatic rings. The fourth-order valence-electron chi connectivity index (χ4n) is 3.48. The Kier molecular flexibility index (Phi) is 7.21. The fourth-order valence-corrected chi connectivity index (χ4v) is 3.48. The number of hydrogen-bond donors (Lipinski definition) is 1. The number of hydrogen-bond acceptors (Lipinski definition) is 6. The van der Waals surface area contributed by atoms with Gasteiger partial charge in [0.1, 0.15) is 6.04 Å². The first kappa shape index (κ1) is 23.0. The number of nitrogens with one attached hydrogen (secondary N) is 1. The summed E-state index contributed by atoms with van der Waals surface area (Å²) in [6.45, 7) is 2.27. The van der Waals surface area contributed by atoms with Gasteiger partial charge in [0.15, 0.2) is 0 Å². The average Bonchev–Trinajstić information content (AvgIpc) is 3.01. The van der Waals surface area contributed by atoms with Crippen molar-refractivity contribution in [1.29, 1.82) is 0 Å². The van der Waals surface area contributed by atoms with Crippen LogP contribution in [0.5, 0.6) is 0 Å². The minimum atomic E-state index is -0.951. The van der Waals surface area contributed by atoms with E-state index in [0.717, 1.165) is 10.5 Å². The number of methoxy groups -OCH3 is 2. The second kappa shape index (κ2) is 10.1. The summed E-state index contributed by atoms with van der Waals surface area (Å²) in [7, 11) is 2.79. The summed E-state index contributed by atoms with van der Waals surface area (Å²) in [4.78, 5) is 52.8. The molecule has 1 fully saturated rings. The van der Waals surface area contributed by atoms with E-state index in [1.165, 1.54) is 31.3 Å². The van der Waals surface area contributed by atoms with Gasteiger partial charge >= 0.3 is 12.0 Å². The number of nitrogens with zero attached hydrogens (tertiary/aromatic N) is 2. The molecule has 0 radical (unpaired) electrons. The maximum absolute atomic E-state index is 13.1. The molecule has 0 aliphatic carbocycles. The van der Waals surface area contributed by atoms with E-state index in [0.29, 0.717) is 16.9 Å². The predicted octanol–water partition coefficient (Wildman–Crippen LogP) is 2.59. The molecule has 3 rings (SSSR count). The molecular weight excluding hydrogens is 414 g/mol. The van der Waals surface area contributed by atoms with Crippen LogP contribution in [0, 0.1) is 6.92 Å². The summed E-state index contributed by atoms with van der Waals surface area (Å²) in [5.74, 6) is -1.38. The standard InChI is InChI=1S/C23H25N3O6/c1-15-5-4-6-18(13-15)26-21(28)19(25(23(26)30)11-12-31-2)14-20(27)24-17-9-7-16(8-10-17)22(29)32-3/h4-10,13,19H,11-12,14H2,1-3H3,(H,24,27). The lowest BCUT2D eigenvalue weighted by atomic mass is 10.1. The summed E-state index contributed by atoms with van der Waals surface area (Å²) in [5.41, 5.74) is 2.17. The average molecular weight is 439 g/mol. The van der Waals surface area contributed by atoms with E-state index < -0.39 is 29.9 Å². The van der Waals surface area contributed by atoms with Crippen LogP contribution in [0.15, 0.2) is 48.5 Å². The van der Waals surface area contributed by atoms with Crippen LogP contribution >= 0.6 is 0 Å². The molecule has 9 nitrogen and oxygen atoms in total. The molecule has 32 heavy (non-hydrogen) atoms. The molecule has 9 heteroatoms. The van der Waals surface area contributed by atoms with Crippen LogP contribution in [0.1, 0.15) is 22.3 Å². The maximum Gasteiger partial charge on any atom is 0.337 e. The van der Waals surface area contributed by atoms with Gasteiger partial charge in [0.25, 0.3) is 5.91 Å². The van der Waals surface area contributed by atoms with Gasteiger partial charge in [0.05, 0.1) is 31.4 Å². The number of anilines is 2. The molecule has 168 valence electrons. The van der Waals surface area contributed by atoms with Gasteiger partial charge in [-0.25, -0.2) is 14.5 Å². The minimum absolute atomic E-state index is 0.176. The predicted molar refractivity (Wildman–Crippen MR) is 117 cm³/mol. The van der Waals surface area contributed by atoms with Crippen LogP contribution in [0.2, 0.25) is 0 Å². The molecule has 1 N–H and O–H groups in total. The number of carbonyl (C=O) groups is 4. The van der Waals surface area contributed by atoms with Gasteiger partial charge in [-0.2, -0.15) is 0 Å². The summed E-state index contributed by atoms with van der Waals surface area (Å²) in [6, 6.07) is 11.8. The van der Waals surface area contributed by atoms with E-state index in [1.807, 2.05) is 13.0 Å². The molecule has 1 unspecified atom stereocenters. The molecule has 1 aliphatic heterocycles. The largest absolute Gasteiger partial charge is 0.465 e. The van der Waals surface area contributed by atoms with Crippen molar-refractivity contribution in [3.8, 4) is 0 Å². The molecule has 2 aromatic carbocycles. The zero-order valence-electron chi connectivity index (χ0n) is 18.2. The number of carbonyl (C=O) groups excluding carboxylic acids is 4. The Morgan fingerprint density at radius 1 is 1.06 bits per heavy atom. The number of amides is 4. The third kappa shape index (κ3) is 4.94. The Morgan fingerprint density at radius 3 is 2.41 bits per heavy atom. The number of imide groups is 1. The third-order valence-corrected chi connectivity index (χ3v) is 5.08. The van der Waals surface area contributed by atoms with Gasteiger partial charge in [-0.3, -0.25) is 9.59 Å². The quantitative estimate of drug-likeness (QED) is 0.501. The fraction of sp³-hybridized carbons (Fsp3) is 0.304. The van der Waals surface area contributed by atoms with E-state index in [-0.39, 0.29) is 19.6 Å². The zero-order valence-corrected chi connectivity index (χ0v) is 18.2. The first-order valence-electron chi connectivity index (χ1n) is 10.0. The molecule has 1 saturated heterocycles. The number of ether oxygens (including phenoxy) is 2. The monoisotopic (exact) mass is 439 g/mol. The van der Waals surface area contributed by atoms with Gasteiger partial charge in [0, 0.05) is 19.3 Å². The van der Waals surface area contributed by atoms with Gasteiger partial charge < -0.3 is 19.7 Å². The topological polar surface area (TPSA) is 105 Å². The van der Waals surface area contributed by atoms with Crippen LogP contribution in [0.25, 0.3) is 0 Å². The Morgan fingerprint density at radius 2 is 1.78 bits per heavy atom. The summed E-state index contributed by atoms with van der Waals surface area (Å²) >= 11 is 0. The van der Waals surface area contributed by atoms with Crippen molar-refractivity contribution >= 4 is 35.2 Å². The number of aryl methyl sites for hydroxylation is 1.